The van der Waals surface area contributed by atoms with E-state index in [1.54, 1.807) is 12.1 Å². The van der Waals surface area contributed by atoms with Gasteiger partial charge in [0.15, 0.2) is 0 Å². The van der Waals surface area contributed by atoms with E-state index in [1.165, 1.54) is 12.5 Å². The third-order valence-corrected chi connectivity index (χ3v) is 9.91. The van der Waals surface area contributed by atoms with Crippen LogP contribution in [-0.2, 0) is 17.5 Å². The summed E-state index contributed by atoms with van der Waals surface area (Å²) in [7, 11) is 0. The Hall–Kier alpha value is -2.28. The number of fused-ring (bicyclic) bond motifs is 1. The number of alkyl halides is 3. The van der Waals surface area contributed by atoms with Gasteiger partial charge in [0, 0.05) is 18.6 Å². The van der Waals surface area contributed by atoms with E-state index in [2.05, 4.69) is 11.8 Å². The summed E-state index contributed by atoms with van der Waals surface area (Å²) < 4.78 is 49.0. The van der Waals surface area contributed by atoms with Gasteiger partial charge in [0.25, 0.3) is 0 Å². The van der Waals surface area contributed by atoms with Crippen LogP contribution in [0.4, 0.5) is 13.2 Å². The van der Waals surface area contributed by atoms with Crippen LogP contribution in [0.1, 0.15) is 96.1 Å². The van der Waals surface area contributed by atoms with Crippen LogP contribution in [0, 0.1) is 17.3 Å². The molecule has 39 heavy (non-hydrogen) atoms. The third kappa shape index (κ3) is 5.79. The van der Waals surface area contributed by atoms with Gasteiger partial charge in [0.05, 0.1) is 12.0 Å². The van der Waals surface area contributed by atoms with Crippen molar-refractivity contribution in [2.75, 3.05) is 0 Å². The summed E-state index contributed by atoms with van der Waals surface area (Å²) in [6.45, 7) is 6.87. The van der Waals surface area contributed by atoms with Crippen molar-refractivity contribution in [1.82, 2.24) is 4.90 Å². The number of nitrogens with zero attached hydrogens (tertiary/aromatic N) is 1. The lowest BCUT2D eigenvalue weighted by molar-refractivity contribution is -0.164. The second kappa shape index (κ2) is 10.9. The standard InChI is InChI=1S/C32H42F3NO3/c1-20-9-13-24(14-10-20)39-27-16-12-22-17-21(11-15-25(22)29(27)32(33,34)35)19-36(23-7-5-4-6-8-23)28-18-26(30(37)38)31(28,2)3/h11-12,15-17,20,23-24,26,28H,4-10,13-14,18-19H2,1-3H3,(H,37,38). The molecule has 0 heterocycles. The van der Waals surface area contributed by atoms with Gasteiger partial charge in [-0.2, -0.15) is 13.2 Å². The van der Waals surface area contributed by atoms with E-state index < -0.39 is 17.7 Å². The molecule has 2 unspecified atom stereocenters. The van der Waals surface area contributed by atoms with Crippen LogP contribution in [0.15, 0.2) is 30.3 Å². The number of carboxylic acid groups (broad SMARTS) is 1. The number of benzene rings is 2. The van der Waals surface area contributed by atoms with E-state index in [1.807, 2.05) is 26.0 Å². The molecule has 2 atom stereocenters. The minimum atomic E-state index is -4.52. The summed E-state index contributed by atoms with van der Waals surface area (Å²) >= 11 is 0. The third-order valence-electron chi connectivity index (χ3n) is 9.91. The van der Waals surface area contributed by atoms with Crippen molar-refractivity contribution in [3.63, 3.8) is 0 Å². The van der Waals surface area contributed by atoms with Gasteiger partial charge in [-0.25, -0.2) is 0 Å². The van der Waals surface area contributed by atoms with Crippen LogP contribution in [0.5, 0.6) is 5.75 Å². The molecule has 3 aliphatic rings. The minimum Gasteiger partial charge on any atom is -0.490 e. The maximum Gasteiger partial charge on any atom is 0.420 e. The van der Waals surface area contributed by atoms with Crippen LogP contribution < -0.4 is 4.74 Å². The van der Waals surface area contributed by atoms with Gasteiger partial charge < -0.3 is 9.84 Å². The van der Waals surface area contributed by atoms with Gasteiger partial charge in [-0.3, -0.25) is 9.69 Å². The zero-order chi connectivity index (χ0) is 27.9. The molecule has 0 aliphatic heterocycles. The van der Waals surface area contributed by atoms with Crippen LogP contribution >= 0.6 is 0 Å². The molecule has 7 heteroatoms. The molecule has 2 aromatic carbocycles. The fraction of sp³-hybridized carbons (Fsp3) is 0.656. The lowest BCUT2D eigenvalue weighted by Gasteiger charge is -2.57. The Morgan fingerprint density at radius 1 is 1.03 bits per heavy atom. The van der Waals surface area contributed by atoms with Crippen molar-refractivity contribution < 1.29 is 27.8 Å². The first-order valence-corrected chi connectivity index (χ1v) is 14.7. The van der Waals surface area contributed by atoms with E-state index in [0.717, 1.165) is 56.9 Å². The SMILES string of the molecule is CC1CCC(Oc2ccc3cc(CN(C4CCCCC4)C4CC(C(=O)O)C4(C)C)ccc3c2C(F)(F)F)CC1. The Labute approximate surface area is 229 Å². The smallest absolute Gasteiger partial charge is 0.420 e. The number of hydrogen-bond donors (Lipinski definition) is 1. The molecule has 3 saturated carbocycles. The maximum absolute atomic E-state index is 14.4. The van der Waals surface area contributed by atoms with Crippen molar-refractivity contribution in [3.8, 4) is 5.75 Å². The topological polar surface area (TPSA) is 49.8 Å². The summed E-state index contributed by atoms with van der Waals surface area (Å²) in [5.41, 5.74) is -0.0725. The summed E-state index contributed by atoms with van der Waals surface area (Å²) in [5.74, 6) is -0.589. The van der Waals surface area contributed by atoms with Crippen LogP contribution in [0.2, 0.25) is 0 Å². The second-order valence-corrected chi connectivity index (χ2v) is 12.9. The Bertz CT molecular complexity index is 1180. The minimum absolute atomic E-state index is 0.0675. The van der Waals surface area contributed by atoms with Crippen molar-refractivity contribution in [3.05, 3.63) is 41.5 Å². The van der Waals surface area contributed by atoms with Gasteiger partial charge in [-0.1, -0.05) is 58.2 Å². The lowest BCUT2D eigenvalue weighted by atomic mass is 9.57. The molecule has 2 aromatic rings. The highest BCUT2D eigenvalue weighted by molar-refractivity contribution is 5.89. The molecule has 3 fully saturated rings. The normalized spacial score (nSPS) is 27.9. The second-order valence-electron chi connectivity index (χ2n) is 12.9. The van der Waals surface area contributed by atoms with Crippen LogP contribution in [0.25, 0.3) is 10.8 Å². The van der Waals surface area contributed by atoms with Gasteiger partial charge >= 0.3 is 12.1 Å². The van der Waals surface area contributed by atoms with Crippen molar-refractivity contribution in [2.45, 2.75) is 116 Å². The molecular weight excluding hydrogens is 503 g/mol. The van der Waals surface area contributed by atoms with E-state index in [9.17, 15) is 23.1 Å². The van der Waals surface area contributed by atoms with Gasteiger partial charge in [0.1, 0.15) is 11.3 Å². The zero-order valence-electron chi connectivity index (χ0n) is 23.4. The highest BCUT2D eigenvalue weighted by Gasteiger charge is 2.55. The fourth-order valence-corrected chi connectivity index (χ4v) is 7.38. The van der Waals surface area contributed by atoms with Crippen LogP contribution in [0.3, 0.4) is 0 Å². The quantitative estimate of drug-likeness (QED) is 0.379. The summed E-state index contributed by atoms with van der Waals surface area (Å²) in [4.78, 5) is 14.3. The summed E-state index contributed by atoms with van der Waals surface area (Å²) in [6, 6.07) is 9.07. The van der Waals surface area contributed by atoms with Crippen molar-refractivity contribution in [2.24, 2.45) is 17.3 Å². The number of aliphatic carboxylic acids is 1. The molecule has 0 amide bonds. The van der Waals surface area contributed by atoms with E-state index >= 15 is 0 Å². The number of halogens is 3. The molecule has 3 aliphatic carbocycles. The average Bonchev–Trinajstić information content (AvgIpc) is 2.88. The first-order chi connectivity index (χ1) is 18.4. The Balaban J connectivity index is 1.43. The van der Waals surface area contributed by atoms with E-state index in [-0.39, 0.29) is 34.6 Å². The number of hydrogen-bond acceptors (Lipinski definition) is 3. The fourth-order valence-electron chi connectivity index (χ4n) is 7.38. The molecule has 4 nitrogen and oxygen atoms in total. The number of ether oxygens (including phenoxy) is 1. The Morgan fingerprint density at radius 3 is 2.33 bits per heavy atom. The molecule has 214 valence electrons. The molecule has 1 N–H and O–H groups in total. The summed E-state index contributed by atoms with van der Waals surface area (Å²) in [5, 5.41) is 10.4. The largest absolute Gasteiger partial charge is 0.490 e. The highest BCUT2D eigenvalue weighted by atomic mass is 19.4. The molecule has 0 radical (unpaired) electrons. The molecule has 0 bridgehead atoms. The van der Waals surface area contributed by atoms with Crippen molar-refractivity contribution in [1.29, 1.82) is 0 Å². The van der Waals surface area contributed by atoms with Gasteiger partial charge in [0.2, 0.25) is 0 Å². The van der Waals surface area contributed by atoms with Crippen molar-refractivity contribution >= 4 is 16.7 Å². The van der Waals surface area contributed by atoms with E-state index in [4.69, 9.17) is 4.74 Å². The van der Waals surface area contributed by atoms with E-state index in [0.29, 0.717) is 30.3 Å². The molecule has 0 spiro atoms. The molecular formula is C32H42F3NO3. The predicted molar refractivity (Wildman–Crippen MR) is 147 cm³/mol. The number of carboxylic acids is 1. The molecule has 5 rings (SSSR count). The maximum atomic E-state index is 14.4. The zero-order valence-corrected chi connectivity index (χ0v) is 23.4. The summed E-state index contributed by atoms with van der Waals surface area (Å²) in [6.07, 6.45) is 5.14. The first-order valence-electron chi connectivity index (χ1n) is 14.7. The predicted octanol–water partition coefficient (Wildman–Crippen LogP) is 8.45. The van der Waals surface area contributed by atoms with Gasteiger partial charge in [-0.05, 0) is 84.7 Å². The molecule has 0 aromatic heterocycles. The monoisotopic (exact) mass is 545 g/mol. The van der Waals surface area contributed by atoms with Gasteiger partial charge in [-0.15, -0.1) is 0 Å². The first kappa shape index (κ1) is 28.3. The average molecular weight is 546 g/mol. The Kier molecular flexibility index (Phi) is 7.93. The number of carbonyl (C=O) groups is 1. The van der Waals surface area contributed by atoms with Crippen LogP contribution in [-0.4, -0.2) is 34.2 Å². The Morgan fingerprint density at radius 2 is 1.72 bits per heavy atom. The number of rotatable bonds is 7. The highest BCUT2D eigenvalue weighted by Crippen LogP contribution is 2.51. The lowest BCUT2D eigenvalue weighted by Crippen LogP contribution is -2.62. The molecule has 0 saturated heterocycles.